The smallest absolute Gasteiger partial charge is 0.263 e. The average molecular weight is 561 g/mol. The van der Waals surface area contributed by atoms with Crippen LogP contribution >= 0.6 is 7.14 Å². The second kappa shape index (κ2) is 10.3. The minimum atomic E-state index is -4.00. The first-order chi connectivity index (χ1) is 18.7. The van der Waals surface area contributed by atoms with E-state index in [1.807, 2.05) is 31.2 Å². The molecule has 0 bridgehead atoms. The van der Waals surface area contributed by atoms with E-state index < -0.39 is 17.2 Å². The average Bonchev–Trinajstić information content (AvgIpc) is 3.24. The Kier molecular flexibility index (Phi) is 7.02. The van der Waals surface area contributed by atoms with Gasteiger partial charge < -0.3 is 18.6 Å². The van der Waals surface area contributed by atoms with Crippen LogP contribution in [0.2, 0.25) is 0 Å². The molecular weight excluding hydrogens is 531 g/mol. The SMILES string of the molecule is COc1ccc(P(=O)(c2ccc(OC)cc2)c2c(NS(=O)(=O)c3ccc(C)cc3)n(C)c3ccccc23)cc1. The van der Waals surface area contributed by atoms with Crippen LogP contribution in [0.1, 0.15) is 5.56 Å². The number of sulfonamides is 1. The summed E-state index contributed by atoms with van der Waals surface area (Å²) < 4.78 is 58.0. The number of benzene rings is 4. The van der Waals surface area contributed by atoms with Crippen molar-refractivity contribution in [2.45, 2.75) is 11.8 Å². The molecule has 39 heavy (non-hydrogen) atoms. The van der Waals surface area contributed by atoms with Gasteiger partial charge in [0.2, 0.25) is 0 Å². The zero-order valence-corrected chi connectivity index (χ0v) is 23.8. The van der Waals surface area contributed by atoms with Crippen molar-refractivity contribution in [3.05, 3.63) is 103 Å². The minimum absolute atomic E-state index is 0.119. The molecule has 0 atom stereocenters. The molecule has 7 nitrogen and oxygen atoms in total. The highest BCUT2D eigenvalue weighted by atomic mass is 32.2. The number of hydrogen-bond donors (Lipinski definition) is 1. The molecule has 0 aliphatic rings. The normalized spacial score (nSPS) is 11.9. The van der Waals surface area contributed by atoms with E-state index in [1.54, 1.807) is 98.6 Å². The molecule has 0 amide bonds. The summed E-state index contributed by atoms with van der Waals surface area (Å²) in [6, 6.07) is 28.2. The molecular formula is C30H29N2O5PS. The molecule has 0 aliphatic heterocycles. The van der Waals surface area contributed by atoms with Crippen molar-refractivity contribution in [1.82, 2.24) is 4.57 Å². The number of hydrogen-bond acceptors (Lipinski definition) is 5. The Bertz CT molecular complexity index is 1740. The van der Waals surface area contributed by atoms with Crippen molar-refractivity contribution in [3.8, 4) is 11.5 Å². The van der Waals surface area contributed by atoms with Gasteiger partial charge in [0.05, 0.1) is 29.9 Å². The van der Waals surface area contributed by atoms with Crippen molar-refractivity contribution in [1.29, 1.82) is 0 Å². The highest BCUT2D eigenvalue weighted by molar-refractivity contribution is 7.93. The van der Waals surface area contributed by atoms with E-state index >= 15 is 4.57 Å². The standard InChI is InChI=1S/C30H29N2O5PS/c1-21-9-19-26(20-10-21)39(34,35)31-30-29(27-7-5-6-8-28(27)32(30)2)38(33,24-15-11-22(36-3)12-16-24)25-17-13-23(37-4)14-18-25/h5-20,31H,1-4H3. The van der Waals surface area contributed by atoms with E-state index in [4.69, 9.17) is 9.47 Å². The summed E-state index contributed by atoms with van der Waals surface area (Å²) in [6.07, 6.45) is 0. The van der Waals surface area contributed by atoms with Crippen molar-refractivity contribution in [2.75, 3.05) is 18.9 Å². The van der Waals surface area contributed by atoms with Crippen LogP contribution in [0.15, 0.2) is 102 Å². The Morgan fingerprint density at radius 1 is 0.744 bits per heavy atom. The Morgan fingerprint density at radius 2 is 1.26 bits per heavy atom. The van der Waals surface area contributed by atoms with Gasteiger partial charge in [-0.2, -0.15) is 0 Å². The molecule has 200 valence electrons. The van der Waals surface area contributed by atoms with Crippen LogP contribution in [0.5, 0.6) is 11.5 Å². The monoisotopic (exact) mass is 560 g/mol. The van der Waals surface area contributed by atoms with E-state index in [2.05, 4.69) is 4.72 Å². The lowest BCUT2D eigenvalue weighted by molar-refractivity contribution is 0.415. The highest BCUT2D eigenvalue weighted by Crippen LogP contribution is 2.48. The zero-order chi connectivity index (χ0) is 27.8. The van der Waals surface area contributed by atoms with Crippen molar-refractivity contribution < 1.29 is 22.5 Å². The van der Waals surface area contributed by atoms with Gasteiger partial charge in [-0.05, 0) is 73.7 Å². The molecule has 1 heterocycles. The number of fused-ring (bicyclic) bond motifs is 1. The molecule has 0 saturated carbocycles. The first-order valence-corrected chi connectivity index (χ1v) is 15.4. The molecule has 0 spiro atoms. The lowest BCUT2D eigenvalue weighted by atomic mass is 10.2. The number of nitrogens with one attached hydrogen (secondary N) is 1. The van der Waals surface area contributed by atoms with Crippen LogP contribution in [0.4, 0.5) is 5.82 Å². The van der Waals surface area contributed by atoms with Gasteiger partial charge in [0.1, 0.15) is 17.3 Å². The summed E-state index contributed by atoms with van der Waals surface area (Å²) in [7, 11) is -2.74. The third-order valence-corrected chi connectivity index (χ3v) is 11.3. The molecule has 0 aliphatic carbocycles. The van der Waals surface area contributed by atoms with Crippen LogP contribution in [-0.4, -0.2) is 27.2 Å². The quantitative estimate of drug-likeness (QED) is 0.272. The van der Waals surface area contributed by atoms with Gasteiger partial charge in [0.15, 0.2) is 7.14 Å². The van der Waals surface area contributed by atoms with Crippen LogP contribution in [0.3, 0.4) is 0 Å². The first kappa shape index (κ1) is 26.6. The molecule has 1 N–H and O–H groups in total. The fourth-order valence-corrected chi connectivity index (χ4v) is 8.87. The summed E-state index contributed by atoms with van der Waals surface area (Å²) in [5, 5.41) is 2.18. The summed E-state index contributed by atoms with van der Waals surface area (Å²) in [6.45, 7) is 1.89. The third kappa shape index (κ3) is 4.71. The molecule has 0 saturated heterocycles. The number of anilines is 1. The van der Waals surface area contributed by atoms with Crippen LogP contribution < -0.4 is 30.1 Å². The molecule has 0 fully saturated rings. The van der Waals surface area contributed by atoms with Gasteiger partial charge in [-0.3, -0.25) is 4.72 Å². The molecule has 0 radical (unpaired) electrons. The molecule has 5 rings (SSSR count). The maximum atomic E-state index is 15.6. The lowest BCUT2D eigenvalue weighted by Crippen LogP contribution is -2.28. The zero-order valence-electron chi connectivity index (χ0n) is 22.1. The molecule has 5 aromatic rings. The Balaban J connectivity index is 1.81. The second-order valence-electron chi connectivity index (χ2n) is 9.20. The van der Waals surface area contributed by atoms with E-state index in [0.717, 1.165) is 11.1 Å². The van der Waals surface area contributed by atoms with Crippen LogP contribution in [-0.2, 0) is 21.6 Å². The number of rotatable bonds is 8. The summed E-state index contributed by atoms with van der Waals surface area (Å²) in [5.41, 5.74) is 1.69. The number of nitrogens with zero attached hydrogens (tertiary/aromatic N) is 1. The van der Waals surface area contributed by atoms with Gasteiger partial charge in [-0.15, -0.1) is 0 Å². The Labute approximate surface area is 228 Å². The van der Waals surface area contributed by atoms with Gasteiger partial charge in [0, 0.05) is 23.0 Å². The van der Waals surface area contributed by atoms with Crippen molar-refractivity contribution >= 4 is 49.8 Å². The molecule has 1 aromatic heterocycles. The summed E-state index contributed by atoms with van der Waals surface area (Å²) in [5.74, 6) is 1.49. The summed E-state index contributed by atoms with van der Waals surface area (Å²) in [4.78, 5) is 0.119. The predicted octanol–water partition coefficient (Wildman–Crippen LogP) is 4.94. The van der Waals surface area contributed by atoms with Gasteiger partial charge >= 0.3 is 0 Å². The minimum Gasteiger partial charge on any atom is -0.497 e. The largest absolute Gasteiger partial charge is 0.497 e. The number of ether oxygens (including phenoxy) is 2. The Hall–Kier alpha value is -4.00. The fourth-order valence-electron chi connectivity index (χ4n) is 4.70. The van der Waals surface area contributed by atoms with Crippen molar-refractivity contribution in [3.63, 3.8) is 0 Å². The fraction of sp³-hybridized carbons (Fsp3) is 0.133. The number of para-hydroxylation sites is 1. The molecule has 0 unspecified atom stereocenters. The van der Waals surface area contributed by atoms with E-state index in [-0.39, 0.29) is 10.7 Å². The lowest BCUT2D eigenvalue weighted by Gasteiger charge is -2.22. The summed E-state index contributed by atoms with van der Waals surface area (Å²) >= 11 is 0. The van der Waals surface area contributed by atoms with Crippen LogP contribution in [0.25, 0.3) is 10.9 Å². The van der Waals surface area contributed by atoms with Gasteiger partial charge in [0.25, 0.3) is 10.0 Å². The van der Waals surface area contributed by atoms with Crippen LogP contribution in [0, 0.1) is 6.92 Å². The maximum absolute atomic E-state index is 15.6. The van der Waals surface area contributed by atoms with E-state index in [0.29, 0.717) is 32.8 Å². The second-order valence-corrected chi connectivity index (χ2v) is 13.6. The number of aryl methyl sites for hydroxylation is 2. The van der Waals surface area contributed by atoms with E-state index in [9.17, 15) is 8.42 Å². The van der Waals surface area contributed by atoms with Gasteiger partial charge in [-0.1, -0.05) is 35.9 Å². The highest BCUT2D eigenvalue weighted by Gasteiger charge is 2.37. The molecule has 4 aromatic carbocycles. The number of aromatic nitrogens is 1. The van der Waals surface area contributed by atoms with Crippen molar-refractivity contribution in [2.24, 2.45) is 7.05 Å². The number of methoxy groups -OCH3 is 2. The Morgan fingerprint density at radius 3 is 1.77 bits per heavy atom. The maximum Gasteiger partial charge on any atom is 0.263 e. The topological polar surface area (TPSA) is 86.6 Å². The molecule has 9 heteroatoms. The van der Waals surface area contributed by atoms with E-state index in [1.165, 1.54) is 0 Å². The predicted molar refractivity (Wildman–Crippen MR) is 157 cm³/mol. The first-order valence-electron chi connectivity index (χ1n) is 12.3. The van der Waals surface area contributed by atoms with Gasteiger partial charge in [-0.25, -0.2) is 8.42 Å². The third-order valence-electron chi connectivity index (χ3n) is 6.83.